The van der Waals surface area contributed by atoms with E-state index in [0.717, 1.165) is 0 Å². The molecule has 0 atom stereocenters. The average molecular weight is 478 g/mol. The van der Waals surface area contributed by atoms with Gasteiger partial charge in [-0.1, -0.05) is 18.2 Å². The predicted octanol–water partition coefficient (Wildman–Crippen LogP) is 3.72. The van der Waals surface area contributed by atoms with Crippen LogP contribution in [0.3, 0.4) is 0 Å². The first-order chi connectivity index (χ1) is 16.2. The highest BCUT2D eigenvalue weighted by atomic mass is 32.2. The fourth-order valence-electron chi connectivity index (χ4n) is 3.72. The number of nitrogens with zero attached hydrogens (tertiary/aromatic N) is 1. The Balaban J connectivity index is 1.95. The number of benzene rings is 3. The van der Waals surface area contributed by atoms with Crippen molar-refractivity contribution in [3.63, 3.8) is 0 Å². The first-order valence-corrected chi connectivity index (χ1v) is 11.8. The van der Waals surface area contributed by atoms with Crippen LogP contribution in [0.1, 0.15) is 21.5 Å². The molecule has 0 aliphatic rings. The van der Waals surface area contributed by atoms with E-state index in [1.54, 1.807) is 50.4 Å². The number of hydrogen-bond donors (Lipinski definition) is 3. The van der Waals surface area contributed by atoms with Crippen molar-refractivity contribution in [3.8, 4) is 5.75 Å². The largest absolute Gasteiger partial charge is 0.497 e. The second-order valence-electron chi connectivity index (χ2n) is 7.71. The Morgan fingerprint density at radius 2 is 1.85 bits per heavy atom. The molecule has 4 N–H and O–H groups in total. The van der Waals surface area contributed by atoms with Gasteiger partial charge in [0.2, 0.25) is 9.84 Å². The van der Waals surface area contributed by atoms with Gasteiger partial charge in [0.25, 0.3) is 5.91 Å². The number of fused-ring (bicyclic) bond motifs is 1. The average Bonchev–Trinajstić information content (AvgIpc) is 2.84. The van der Waals surface area contributed by atoms with E-state index in [1.807, 2.05) is 0 Å². The summed E-state index contributed by atoms with van der Waals surface area (Å²) >= 11 is 0. The maximum Gasteiger partial charge on any atom is 0.252 e. The van der Waals surface area contributed by atoms with Crippen LogP contribution in [-0.2, 0) is 16.4 Å². The van der Waals surface area contributed by atoms with E-state index in [-0.39, 0.29) is 22.0 Å². The standard InChI is InChI=1S/C25H23N3O5S/c1-15-9-20(34(31,32)19-8-3-5-16(10-19)14-29)12-21-23(15)27-13-22(25(26)30)24(21)28-17-6-4-7-18(11-17)33-2/h3-13,29H,14H2,1-2H3,(H2,26,30)(H,27,28). The molecule has 0 aliphatic carbocycles. The van der Waals surface area contributed by atoms with Gasteiger partial charge in [-0.15, -0.1) is 0 Å². The molecule has 1 heterocycles. The third-order valence-electron chi connectivity index (χ3n) is 5.44. The number of rotatable bonds is 7. The van der Waals surface area contributed by atoms with E-state index in [1.165, 1.54) is 30.5 Å². The lowest BCUT2D eigenvalue weighted by molar-refractivity contribution is 0.100. The summed E-state index contributed by atoms with van der Waals surface area (Å²) in [5.41, 5.74) is 8.32. The fourth-order valence-corrected chi connectivity index (χ4v) is 5.16. The van der Waals surface area contributed by atoms with Crippen LogP contribution in [0.15, 0.2) is 76.7 Å². The highest BCUT2D eigenvalue weighted by Gasteiger charge is 2.22. The van der Waals surface area contributed by atoms with Gasteiger partial charge in [-0.3, -0.25) is 9.78 Å². The molecule has 4 rings (SSSR count). The number of aromatic nitrogens is 1. The van der Waals surface area contributed by atoms with Crippen LogP contribution in [0.25, 0.3) is 10.9 Å². The SMILES string of the molecule is COc1cccc(Nc2c(C(N)=O)cnc3c(C)cc(S(=O)(=O)c4cccc(CO)c4)cc23)c1. The number of primary amides is 1. The number of anilines is 2. The van der Waals surface area contributed by atoms with Gasteiger partial charge in [0.15, 0.2) is 0 Å². The molecule has 0 aliphatic heterocycles. The summed E-state index contributed by atoms with van der Waals surface area (Å²) in [7, 11) is -2.38. The second-order valence-corrected chi connectivity index (χ2v) is 9.66. The van der Waals surface area contributed by atoms with Crippen LogP contribution in [-0.4, -0.2) is 31.5 Å². The molecule has 0 saturated heterocycles. The van der Waals surface area contributed by atoms with E-state index in [0.29, 0.717) is 39.2 Å². The van der Waals surface area contributed by atoms with Gasteiger partial charge in [0, 0.05) is 23.3 Å². The quantitative estimate of drug-likeness (QED) is 0.370. The van der Waals surface area contributed by atoms with E-state index >= 15 is 0 Å². The molecule has 4 aromatic rings. The molecule has 9 heteroatoms. The van der Waals surface area contributed by atoms with Crippen molar-refractivity contribution < 1.29 is 23.1 Å². The molecule has 0 saturated carbocycles. The summed E-state index contributed by atoms with van der Waals surface area (Å²) in [4.78, 5) is 16.7. The van der Waals surface area contributed by atoms with Crippen molar-refractivity contribution >= 4 is 38.0 Å². The zero-order chi connectivity index (χ0) is 24.5. The molecule has 0 unspecified atom stereocenters. The molecule has 1 aromatic heterocycles. The molecular weight excluding hydrogens is 454 g/mol. The van der Waals surface area contributed by atoms with Crippen LogP contribution in [0, 0.1) is 6.92 Å². The number of hydrogen-bond acceptors (Lipinski definition) is 7. The maximum atomic E-state index is 13.4. The predicted molar refractivity (Wildman–Crippen MR) is 129 cm³/mol. The number of nitrogens with one attached hydrogen (secondary N) is 1. The molecule has 34 heavy (non-hydrogen) atoms. The third-order valence-corrected chi connectivity index (χ3v) is 7.17. The van der Waals surface area contributed by atoms with Crippen molar-refractivity contribution in [2.75, 3.05) is 12.4 Å². The van der Waals surface area contributed by atoms with Gasteiger partial charge >= 0.3 is 0 Å². The van der Waals surface area contributed by atoms with Crippen molar-refractivity contribution in [2.45, 2.75) is 23.3 Å². The van der Waals surface area contributed by atoms with Crippen molar-refractivity contribution in [1.82, 2.24) is 4.98 Å². The Bertz CT molecular complexity index is 1520. The van der Waals surface area contributed by atoms with E-state index in [4.69, 9.17) is 10.5 Å². The number of aliphatic hydroxyl groups excluding tert-OH is 1. The van der Waals surface area contributed by atoms with Gasteiger partial charge in [0.05, 0.1) is 40.3 Å². The molecule has 174 valence electrons. The molecule has 8 nitrogen and oxygen atoms in total. The lowest BCUT2D eigenvalue weighted by Crippen LogP contribution is -2.14. The van der Waals surface area contributed by atoms with Gasteiger partial charge in [-0.25, -0.2) is 8.42 Å². The maximum absolute atomic E-state index is 13.4. The van der Waals surface area contributed by atoms with Crippen LogP contribution in [0.2, 0.25) is 0 Å². The van der Waals surface area contributed by atoms with E-state index < -0.39 is 15.7 Å². The van der Waals surface area contributed by atoms with Gasteiger partial charge in [-0.05, 0) is 54.4 Å². The molecule has 1 amide bonds. The summed E-state index contributed by atoms with van der Waals surface area (Å²) in [5, 5.41) is 13.0. The summed E-state index contributed by atoms with van der Waals surface area (Å²) < 4.78 is 32.1. The lowest BCUT2D eigenvalue weighted by atomic mass is 10.1. The fraction of sp³-hybridized carbons (Fsp3) is 0.120. The first-order valence-electron chi connectivity index (χ1n) is 10.3. The van der Waals surface area contributed by atoms with Crippen LogP contribution in [0.5, 0.6) is 5.75 Å². The molecule has 0 bridgehead atoms. The topological polar surface area (TPSA) is 132 Å². The number of ether oxygens (including phenoxy) is 1. The zero-order valence-corrected chi connectivity index (χ0v) is 19.4. The third kappa shape index (κ3) is 4.30. The van der Waals surface area contributed by atoms with Gasteiger partial charge in [-0.2, -0.15) is 0 Å². The van der Waals surface area contributed by atoms with Crippen LogP contribution >= 0.6 is 0 Å². The monoisotopic (exact) mass is 477 g/mol. The van der Waals surface area contributed by atoms with E-state index in [2.05, 4.69) is 10.3 Å². The Morgan fingerprint density at radius 1 is 1.09 bits per heavy atom. The number of aliphatic hydroxyl groups is 1. The van der Waals surface area contributed by atoms with Crippen molar-refractivity contribution in [1.29, 1.82) is 0 Å². The molecular formula is C25H23N3O5S. The van der Waals surface area contributed by atoms with Crippen molar-refractivity contribution in [2.24, 2.45) is 5.73 Å². The summed E-state index contributed by atoms with van der Waals surface area (Å²) in [6.45, 7) is 1.47. The van der Waals surface area contributed by atoms with Gasteiger partial charge < -0.3 is 20.9 Å². The molecule has 0 spiro atoms. The number of nitrogens with two attached hydrogens (primary N) is 1. The van der Waals surface area contributed by atoms with Gasteiger partial charge in [0.1, 0.15) is 5.75 Å². The lowest BCUT2D eigenvalue weighted by Gasteiger charge is -2.16. The molecule has 3 aromatic carbocycles. The summed E-state index contributed by atoms with van der Waals surface area (Å²) in [6.07, 6.45) is 1.37. The second kappa shape index (κ2) is 9.12. The zero-order valence-electron chi connectivity index (χ0n) is 18.6. The highest BCUT2D eigenvalue weighted by molar-refractivity contribution is 7.91. The minimum Gasteiger partial charge on any atom is -0.497 e. The number of pyridine rings is 1. The van der Waals surface area contributed by atoms with Crippen molar-refractivity contribution in [3.05, 3.63) is 83.6 Å². The molecule has 0 fully saturated rings. The Labute approximate surface area is 196 Å². The number of aryl methyl sites for hydroxylation is 1. The minimum absolute atomic E-state index is 0.0321. The number of sulfone groups is 1. The number of methoxy groups -OCH3 is 1. The first kappa shape index (κ1) is 23.2. The number of carbonyl (C=O) groups is 1. The molecule has 0 radical (unpaired) electrons. The summed E-state index contributed by atoms with van der Waals surface area (Å²) in [6, 6.07) is 16.2. The number of carbonyl (C=O) groups excluding carboxylic acids is 1. The summed E-state index contributed by atoms with van der Waals surface area (Å²) in [5.74, 6) is -0.103. The highest BCUT2D eigenvalue weighted by Crippen LogP contribution is 2.35. The minimum atomic E-state index is -3.92. The Hall–Kier alpha value is -3.95. The number of amides is 1. The Morgan fingerprint density at radius 3 is 2.56 bits per heavy atom. The normalized spacial score (nSPS) is 11.4. The van der Waals surface area contributed by atoms with Crippen LogP contribution in [0.4, 0.5) is 11.4 Å². The van der Waals surface area contributed by atoms with Crippen LogP contribution < -0.4 is 15.8 Å². The smallest absolute Gasteiger partial charge is 0.252 e. The Kier molecular flexibility index (Phi) is 6.23. The van der Waals surface area contributed by atoms with E-state index in [9.17, 15) is 18.3 Å².